The summed E-state index contributed by atoms with van der Waals surface area (Å²) in [6.07, 6.45) is -7.25. The first-order chi connectivity index (χ1) is 16.3. The normalized spacial score (nSPS) is 12.9. The largest absolute Gasteiger partial charge is 0.416 e. The molecule has 0 heterocycles. The van der Waals surface area contributed by atoms with Gasteiger partial charge < -0.3 is 5.32 Å². The van der Waals surface area contributed by atoms with Crippen LogP contribution < -0.4 is 5.32 Å². The summed E-state index contributed by atoms with van der Waals surface area (Å²) in [5.41, 5.74) is 1.70. The fraction of sp³-hybridized carbons (Fsp3) is 0.222. The number of nitrogens with one attached hydrogen (secondary N) is 1. The lowest BCUT2D eigenvalue weighted by molar-refractivity contribution is -0.143. The molecule has 2 nitrogen and oxygen atoms in total. The molecule has 0 atom stereocenters. The summed E-state index contributed by atoms with van der Waals surface area (Å²) in [4.78, 5) is 4.43. The van der Waals surface area contributed by atoms with Gasteiger partial charge in [-0.1, -0.05) is 36.4 Å². The van der Waals surface area contributed by atoms with Gasteiger partial charge in [-0.25, -0.2) is 0 Å². The number of alkyl halides is 6. The van der Waals surface area contributed by atoms with Gasteiger partial charge in [0.05, 0.1) is 16.8 Å². The van der Waals surface area contributed by atoms with E-state index in [0.717, 1.165) is 22.3 Å². The molecule has 0 spiro atoms. The van der Waals surface area contributed by atoms with Gasteiger partial charge in [-0.15, -0.1) is 0 Å². The number of halogens is 6. The van der Waals surface area contributed by atoms with Crippen LogP contribution in [0.5, 0.6) is 0 Å². The lowest BCUT2D eigenvalue weighted by Crippen LogP contribution is -2.12. The molecule has 0 aliphatic rings. The molecule has 0 unspecified atom stereocenters. The molecule has 0 aromatic heterocycles. The third-order valence-electron chi connectivity index (χ3n) is 5.55. The molecule has 0 amide bonds. The maximum atomic E-state index is 13.5. The molecule has 35 heavy (non-hydrogen) atoms. The van der Waals surface area contributed by atoms with E-state index in [4.69, 9.17) is 0 Å². The fourth-order valence-electron chi connectivity index (χ4n) is 3.65. The Morgan fingerprint density at radius 2 is 1.17 bits per heavy atom. The second kappa shape index (κ2) is 9.98. The van der Waals surface area contributed by atoms with Crippen LogP contribution in [0.2, 0.25) is 0 Å². The lowest BCUT2D eigenvalue weighted by atomic mass is 9.99. The van der Waals surface area contributed by atoms with Crippen molar-refractivity contribution in [1.82, 2.24) is 0 Å². The van der Waals surface area contributed by atoms with Crippen molar-refractivity contribution < 1.29 is 26.3 Å². The summed E-state index contributed by atoms with van der Waals surface area (Å²) in [6.45, 7) is 7.34. The van der Waals surface area contributed by atoms with Crippen LogP contribution in [0.15, 0.2) is 65.8 Å². The van der Waals surface area contributed by atoms with E-state index < -0.39 is 23.5 Å². The van der Waals surface area contributed by atoms with E-state index in [1.807, 2.05) is 64.1 Å². The van der Waals surface area contributed by atoms with E-state index in [1.165, 1.54) is 12.4 Å². The predicted octanol–water partition coefficient (Wildman–Crippen LogP) is 8.81. The van der Waals surface area contributed by atoms with Gasteiger partial charge in [0.25, 0.3) is 0 Å². The van der Waals surface area contributed by atoms with Gasteiger partial charge in [-0.3, -0.25) is 4.99 Å². The van der Waals surface area contributed by atoms with E-state index in [9.17, 15) is 26.3 Å². The van der Waals surface area contributed by atoms with Crippen LogP contribution in [0, 0.1) is 27.7 Å². The van der Waals surface area contributed by atoms with Crippen molar-refractivity contribution in [2.45, 2.75) is 40.0 Å². The van der Waals surface area contributed by atoms with E-state index >= 15 is 0 Å². The molecular weight excluding hydrogens is 466 g/mol. The zero-order valence-corrected chi connectivity index (χ0v) is 19.6. The number of hydrogen-bond acceptors (Lipinski definition) is 2. The molecule has 0 aliphatic carbocycles. The SMILES string of the molecule is Cc1cccc(C)c1N=C/C(=C/Nc1c(C)cccc1C)c1cc(C(F)(F)F)cc(C(F)(F)F)c1. The minimum atomic E-state index is -4.95. The summed E-state index contributed by atoms with van der Waals surface area (Å²) in [7, 11) is 0. The summed E-state index contributed by atoms with van der Waals surface area (Å²) < 4.78 is 80.9. The second-order valence-electron chi connectivity index (χ2n) is 8.30. The molecule has 0 aliphatic heterocycles. The van der Waals surface area contributed by atoms with Crippen molar-refractivity contribution >= 4 is 23.2 Å². The monoisotopic (exact) mass is 490 g/mol. The minimum absolute atomic E-state index is 0.0620. The number of para-hydroxylation sites is 2. The highest BCUT2D eigenvalue weighted by Crippen LogP contribution is 2.38. The lowest BCUT2D eigenvalue weighted by Gasteiger charge is -2.16. The molecular formula is C27H24F6N2. The van der Waals surface area contributed by atoms with Crippen molar-refractivity contribution in [2.24, 2.45) is 4.99 Å². The van der Waals surface area contributed by atoms with Gasteiger partial charge in [0, 0.05) is 23.7 Å². The van der Waals surface area contributed by atoms with E-state index in [1.54, 1.807) is 0 Å². The molecule has 0 fully saturated rings. The molecule has 3 aromatic carbocycles. The summed E-state index contributed by atoms with van der Waals surface area (Å²) in [6, 6.07) is 12.5. The molecule has 0 bridgehead atoms. The van der Waals surface area contributed by atoms with Gasteiger partial charge in [0.2, 0.25) is 0 Å². The molecule has 1 N–H and O–H groups in total. The van der Waals surface area contributed by atoms with Gasteiger partial charge in [0.1, 0.15) is 0 Å². The van der Waals surface area contributed by atoms with Crippen molar-refractivity contribution in [1.29, 1.82) is 0 Å². The predicted molar refractivity (Wildman–Crippen MR) is 128 cm³/mol. The first-order valence-electron chi connectivity index (χ1n) is 10.7. The summed E-state index contributed by atoms with van der Waals surface area (Å²) in [5.74, 6) is 0. The molecule has 0 saturated carbocycles. The summed E-state index contributed by atoms with van der Waals surface area (Å²) >= 11 is 0. The highest BCUT2D eigenvalue weighted by molar-refractivity contribution is 6.11. The Morgan fingerprint density at radius 3 is 1.63 bits per heavy atom. The first kappa shape index (κ1) is 26.1. The molecule has 0 radical (unpaired) electrons. The van der Waals surface area contributed by atoms with Gasteiger partial charge >= 0.3 is 12.4 Å². The average molecular weight is 490 g/mol. The maximum Gasteiger partial charge on any atom is 0.416 e. The quantitative estimate of drug-likeness (QED) is 0.280. The van der Waals surface area contributed by atoms with E-state index in [2.05, 4.69) is 10.3 Å². The number of aliphatic imine (C=N–C) groups is 1. The molecule has 3 aromatic rings. The van der Waals surface area contributed by atoms with Crippen LogP contribution in [0.25, 0.3) is 5.57 Å². The third-order valence-corrected chi connectivity index (χ3v) is 5.55. The average Bonchev–Trinajstić information content (AvgIpc) is 2.75. The molecule has 0 saturated heterocycles. The van der Waals surface area contributed by atoms with Crippen molar-refractivity contribution in [2.75, 3.05) is 5.32 Å². The number of hydrogen-bond donors (Lipinski definition) is 1. The Labute approximate surface area is 200 Å². The van der Waals surface area contributed by atoms with Crippen LogP contribution in [-0.4, -0.2) is 6.21 Å². The Kier molecular flexibility index (Phi) is 7.43. The molecule has 3 rings (SSSR count). The zero-order chi connectivity index (χ0) is 26.0. The highest BCUT2D eigenvalue weighted by Gasteiger charge is 2.37. The van der Waals surface area contributed by atoms with Crippen molar-refractivity contribution in [3.05, 3.63) is 99.7 Å². The van der Waals surface area contributed by atoms with Gasteiger partial charge in [-0.2, -0.15) is 26.3 Å². The smallest absolute Gasteiger partial charge is 0.361 e. The van der Waals surface area contributed by atoms with Crippen LogP contribution >= 0.6 is 0 Å². The fourth-order valence-corrected chi connectivity index (χ4v) is 3.65. The first-order valence-corrected chi connectivity index (χ1v) is 10.7. The van der Waals surface area contributed by atoms with Gasteiger partial charge in [-0.05, 0) is 73.7 Å². The van der Waals surface area contributed by atoms with E-state index in [-0.39, 0.29) is 17.2 Å². The standard InChI is InChI=1S/C27H24F6N2/c1-16-7-5-8-17(2)24(16)34-14-21(15-35-25-18(3)9-6-10-19(25)4)20-11-22(26(28,29)30)13-23(12-20)27(31,32)33/h5-15,34H,1-4H3/b21-14-,35-15?. The van der Waals surface area contributed by atoms with Crippen LogP contribution in [0.4, 0.5) is 37.7 Å². The number of nitrogens with zero attached hydrogens (tertiary/aromatic N) is 1. The van der Waals surface area contributed by atoms with Crippen LogP contribution in [0.3, 0.4) is 0 Å². The van der Waals surface area contributed by atoms with Crippen LogP contribution in [-0.2, 0) is 12.4 Å². The number of anilines is 1. The maximum absolute atomic E-state index is 13.5. The summed E-state index contributed by atoms with van der Waals surface area (Å²) in [5, 5.41) is 3.05. The number of rotatable bonds is 5. The Hall–Kier alpha value is -3.55. The van der Waals surface area contributed by atoms with E-state index in [0.29, 0.717) is 23.5 Å². The zero-order valence-electron chi connectivity index (χ0n) is 19.6. The Bertz CT molecular complexity index is 1210. The van der Waals surface area contributed by atoms with Crippen molar-refractivity contribution in [3.8, 4) is 0 Å². The topological polar surface area (TPSA) is 24.4 Å². The number of allylic oxidation sites excluding steroid dienone is 1. The van der Waals surface area contributed by atoms with Crippen molar-refractivity contribution in [3.63, 3.8) is 0 Å². The molecule has 184 valence electrons. The second-order valence-corrected chi connectivity index (χ2v) is 8.30. The number of benzene rings is 3. The number of aryl methyl sites for hydroxylation is 4. The van der Waals surface area contributed by atoms with Gasteiger partial charge in [0.15, 0.2) is 0 Å². The Balaban J connectivity index is 2.20. The molecule has 8 heteroatoms. The third kappa shape index (κ3) is 6.32. The Morgan fingerprint density at radius 1 is 0.714 bits per heavy atom. The minimum Gasteiger partial charge on any atom is -0.361 e. The van der Waals surface area contributed by atoms with Crippen LogP contribution in [0.1, 0.15) is 38.9 Å². The highest BCUT2D eigenvalue weighted by atomic mass is 19.4.